The molecule has 0 aliphatic carbocycles. The van der Waals surface area contributed by atoms with E-state index in [4.69, 9.17) is 0 Å². The van der Waals surface area contributed by atoms with E-state index in [1.807, 2.05) is 0 Å². The average molecular weight is 244 g/mol. The minimum Gasteiger partial charge on any atom is -0.314 e. The maximum atomic E-state index is 13.1. The highest BCUT2D eigenvalue weighted by Gasteiger charge is 2.46. The highest BCUT2D eigenvalue weighted by molar-refractivity contribution is 5.21. The van der Waals surface area contributed by atoms with E-state index >= 15 is 0 Å². The van der Waals surface area contributed by atoms with E-state index in [1.165, 1.54) is 24.1 Å². The van der Waals surface area contributed by atoms with E-state index in [0.717, 1.165) is 0 Å². The normalized spacial score (nSPS) is 19.1. The Hall–Kier alpha value is -1.07. The largest absolute Gasteiger partial charge is 0.408 e. The molecule has 2 nitrogen and oxygen atoms in total. The van der Waals surface area contributed by atoms with E-state index in [1.54, 1.807) is 18.2 Å². The standard InChI is InChI=1S/C12H15F3N2/c1-17(10-7-16-8-10)11(12(13,14)15)9-5-3-2-4-6-9/h2-6,10-11,16H,7-8H2,1H3. The lowest BCUT2D eigenvalue weighted by Gasteiger charge is -2.41. The monoisotopic (exact) mass is 244 g/mol. The molecule has 1 heterocycles. The maximum Gasteiger partial charge on any atom is 0.408 e. The fourth-order valence-electron chi connectivity index (χ4n) is 2.06. The summed E-state index contributed by atoms with van der Waals surface area (Å²) < 4.78 is 39.3. The molecule has 0 spiro atoms. The fourth-order valence-corrected chi connectivity index (χ4v) is 2.06. The predicted molar refractivity (Wildman–Crippen MR) is 59.7 cm³/mol. The van der Waals surface area contributed by atoms with E-state index in [0.29, 0.717) is 18.7 Å². The molecular formula is C12H15F3N2. The van der Waals surface area contributed by atoms with Gasteiger partial charge in [-0.2, -0.15) is 13.2 Å². The molecule has 1 aliphatic rings. The molecular weight excluding hydrogens is 229 g/mol. The van der Waals surface area contributed by atoms with Crippen molar-refractivity contribution in [2.24, 2.45) is 0 Å². The van der Waals surface area contributed by atoms with Crippen molar-refractivity contribution in [2.75, 3.05) is 20.1 Å². The van der Waals surface area contributed by atoms with Gasteiger partial charge in [-0.15, -0.1) is 0 Å². The van der Waals surface area contributed by atoms with Gasteiger partial charge in [0.25, 0.3) is 0 Å². The molecule has 0 bridgehead atoms. The molecule has 1 unspecified atom stereocenters. The first-order valence-corrected chi connectivity index (χ1v) is 5.54. The van der Waals surface area contributed by atoms with Gasteiger partial charge in [0.15, 0.2) is 0 Å². The van der Waals surface area contributed by atoms with Crippen molar-refractivity contribution in [1.82, 2.24) is 10.2 Å². The fraction of sp³-hybridized carbons (Fsp3) is 0.500. The highest BCUT2D eigenvalue weighted by Crippen LogP contribution is 2.38. The van der Waals surface area contributed by atoms with Gasteiger partial charge in [0.1, 0.15) is 6.04 Å². The Morgan fingerprint density at radius 2 is 1.82 bits per heavy atom. The number of halogens is 3. The number of rotatable bonds is 3. The summed E-state index contributed by atoms with van der Waals surface area (Å²) in [6.45, 7) is 1.24. The van der Waals surface area contributed by atoms with Gasteiger partial charge in [-0.1, -0.05) is 30.3 Å². The summed E-state index contributed by atoms with van der Waals surface area (Å²) in [5, 5.41) is 2.99. The van der Waals surface area contributed by atoms with Crippen LogP contribution >= 0.6 is 0 Å². The first-order valence-electron chi connectivity index (χ1n) is 5.54. The Balaban J connectivity index is 2.25. The summed E-state index contributed by atoms with van der Waals surface area (Å²) in [6, 6.07) is 6.50. The van der Waals surface area contributed by atoms with E-state index in [9.17, 15) is 13.2 Å². The molecule has 0 aromatic heterocycles. The van der Waals surface area contributed by atoms with Gasteiger partial charge in [-0.05, 0) is 12.6 Å². The van der Waals surface area contributed by atoms with Crippen LogP contribution in [0.25, 0.3) is 0 Å². The van der Waals surface area contributed by atoms with Crippen molar-refractivity contribution in [3.05, 3.63) is 35.9 Å². The summed E-state index contributed by atoms with van der Waals surface area (Å²) in [7, 11) is 1.54. The number of alkyl halides is 3. The molecule has 1 saturated heterocycles. The lowest BCUT2D eigenvalue weighted by Crippen LogP contribution is -2.58. The second kappa shape index (κ2) is 4.66. The third-order valence-electron chi connectivity index (χ3n) is 3.17. The van der Waals surface area contributed by atoms with Gasteiger partial charge in [0.05, 0.1) is 0 Å². The summed E-state index contributed by atoms with van der Waals surface area (Å²) in [5.41, 5.74) is 0.300. The van der Waals surface area contributed by atoms with Crippen molar-refractivity contribution >= 4 is 0 Å². The van der Waals surface area contributed by atoms with E-state index in [-0.39, 0.29) is 6.04 Å². The Bertz CT molecular complexity index is 360. The number of nitrogens with one attached hydrogen (secondary N) is 1. The molecule has 1 aromatic rings. The zero-order chi connectivity index (χ0) is 12.5. The van der Waals surface area contributed by atoms with Crippen LogP contribution in [0.1, 0.15) is 11.6 Å². The smallest absolute Gasteiger partial charge is 0.314 e. The number of benzene rings is 1. The number of nitrogens with zero attached hydrogens (tertiary/aromatic N) is 1. The minimum absolute atomic E-state index is 0.0400. The first kappa shape index (κ1) is 12.4. The van der Waals surface area contributed by atoms with Gasteiger partial charge in [-0.25, -0.2) is 0 Å². The molecule has 1 N–H and O–H groups in total. The van der Waals surface area contributed by atoms with Crippen molar-refractivity contribution in [3.63, 3.8) is 0 Å². The Morgan fingerprint density at radius 1 is 1.24 bits per heavy atom. The van der Waals surface area contributed by atoms with Gasteiger partial charge in [-0.3, -0.25) is 4.90 Å². The lowest BCUT2D eigenvalue weighted by atomic mass is 10.0. The zero-order valence-electron chi connectivity index (χ0n) is 9.54. The predicted octanol–water partition coefficient (Wildman–Crippen LogP) is 2.19. The highest BCUT2D eigenvalue weighted by atomic mass is 19.4. The average Bonchev–Trinajstić information content (AvgIpc) is 2.14. The van der Waals surface area contributed by atoms with Gasteiger partial charge >= 0.3 is 6.18 Å². The Morgan fingerprint density at radius 3 is 2.24 bits per heavy atom. The summed E-state index contributed by atoms with van der Waals surface area (Å²) >= 11 is 0. The van der Waals surface area contributed by atoms with Gasteiger partial charge in [0.2, 0.25) is 0 Å². The molecule has 2 rings (SSSR count). The van der Waals surface area contributed by atoms with Crippen LogP contribution in [0.15, 0.2) is 30.3 Å². The summed E-state index contributed by atoms with van der Waals surface area (Å²) in [5.74, 6) is 0. The molecule has 1 atom stereocenters. The third kappa shape index (κ3) is 2.61. The molecule has 5 heteroatoms. The van der Waals surface area contributed by atoms with Crippen LogP contribution in [0, 0.1) is 0 Å². The summed E-state index contributed by atoms with van der Waals surface area (Å²) in [4.78, 5) is 1.41. The van der Waals surface area contributed by atoms with Crippen LogP contribution in [0.3, 0.4) is 0 Å². The van der Waals surface area contributed by atoms with E-state index in [2.05, 4.69) is 5.32 Å². The maximum absolute atomic E-state index is 13.1. The van der Waals surface area contributed by atoms with Gasteiger partial charge in [0, 0.05) is 19.1 Å². The zero-order valence-corrected chi connectivity index (χ0v) is 9.54. The SMILES string of the molecule is CN(C1CNC1)C(c1ccccc1)C(F)(F)F. The number of hydrogen-bond acceptors (Lipinski definition) is 2. The molecule has 94 valence electrons. The van der Waals surface area contributed by atoms with Crippen LogP contribution < -0.4 is 5.32 Å². The topological polar surface area (TPSA) is 15.3 Å². The second-order valence-corrected chi connectivity index (χ2v) is 4.33. The molecule has 0 amide bonds. The van der Waals surface area contributed by atoms with E-state index < -0.39 is 12.2 Å². The molecule has 17 heavy (non-hydrogen) atoms. The van der Waals surface area contributed by atoms with Crippen molar-refractivity contribution in [3.8, 4) is 0 Å². The number of hydrogen-bond donors (Lipinski definition) is 1. The summed E-state index contributed by atoms with van der Waals surface area (Å²) in [6.07, 6.45) is -4.24. The van der Waals surface area contributed by atoms with Crippen LogP contribution in [-0.2, 0) is 0 Å². The van der Waals surface area contributed by atoms with Crippen LogP contribution in [0.5, 0.6) is 0 Å². The number of likely N-dealkylation sites (N-methyl/N-ethyl adjacent to an activating group) is 1. The Kier molecular flexibility index (Phi) is 3.40. The second-order valence-electron chi connectivity index (χ2n) is 4.33. The molecule has 0 radical (unpaired) electrons. The molecule has 0 saturated carbocycles. The van der Waals surface area contributed by atoms with Crippen molar-refractivity contribution in [2.45, 2.75) is 18.3 Å². The van der Waals surface area contributed by atoms with Crippen LogP contribution in [0.2, 0.25) is 0 Å². The quantitative estimate of drug-likeness (QED) is 0.876. The lowest BCUT2D eigenvalue weighted by molar-refractivity contribution is -0.190. The molecule has 1 aromatic carbocycles. The Labute approximate surface area is 98.4 Å². The van der Waals surface area contributed by atoms with Crippen molar-refractivity contribution < 1.29 is 13.2 Å². The molecule has 1 aliphatic heterocycles. The third-order valence-corrected chi connectivity index (χ3v) is 3.17. The minimum atomic E-state index is -4.24. The van der Waals surface area contributed by atoms with Crippen molar-refractivity contribution in [1.29, 1.82) is 0 Å². The first-order chi connectivity index (χ1) is 8.00. The van der Waals surface area contributed by atoms with Crippen LogP contribution in [0.4, 0.5) is 13.2 Å². The van der Waals surface area contributed by atoms with Gasteiger partial charge < -0.3 is 5.32 Å². The van der Waals surface area contributed by atoms with Crippen LogP contribution in [-0.4, -0.2) is 37.3 Å². The molecule has 1 fully saturated rings.